The molecule has 0 bridgehead atoms. The van der Waals surface area contributed by atoms with E-state index in [1.54, 1.807) is 24.3 Å². The van der Waals surface area contributed by atoms with Crippen molar-refractivity contribution in [2.24, 2.45) is 4.99 Å². The first-order chi connectivity index (χ1) is 13.6. The standard InChI is InChI=1S/C19H13ClFN5O2/c20-13-2-1-3-15(6-13)24-19-16(7-22)18(25-26-19)23-8-11-4-14(21)5-12-9-27-10-28-17(11)12/h1-6,8H,9-10H2,(H2,24,25,26). The number of nitrogens with one attached hydrogen (secondary N) is 2. The van der Waals surface area contributed by atoms with E-state index in [-0.39, 0.29) is 24.8 Å². The van der Waals surface area contributed by atoms with Crippen molar-refractivity contribution in [1.82, 2.24) is 10.2 Å². The summed E-state index contributed by atoms with van der Waals surface area (Å²) in [7, 11) is 0. The molecule has 3 aromatic rings. The monoisotopic (exact) mass is 397 g/mol. The molecule has 0 unspecified atom stereocenters. The molecular formula is C19H13ClFN5O2. The van der Waals surface area contributed by atoms with E-state index in [1.807, 2.05) is 0 Å². The van der Waals surface area contributed by atoms with Gasteiger partial charge in [0.15, 0.2) is 12.6 Å². The van der Waals surface area contributed by atoms with Crippen molar-refractivity contribution in [3.8, 4) is 11.8 Å². The Labute approximate surface area is 164 Å². The van der Waals surface area contributed by atoms with Crippen molar-refractivity contribution in [1.29, 1.82) is 5.26 Å². The third kappa shape index (κ3) is 3.67. The van der Waals surface area contributed by atoms with Crippen LogP contribution in [0.2, 0.25) is 5.02 Å². The molecular weight excluding hydrogens is 385 g/mol. The van der Waals surface area contributed by atoms with Gasteiger partial charge in [0, 0.05) is 28.1 Å². The van der Waals surface area contributed by atoms with Crippen LogP contribution < -0.4 is 10.1 Å². The Morgan fingerprint density at radius 3 is 3.07 bits per heavy atom. The van der Waals surface area contributed by atoms with Gasteiger partial charge in [-0.1, -0.05) is 17.7 Å². The van der Waals surface area contributed by atoms with E-state index < -0.39 is 5.82 Å². The molecule has 1 aliphatic rings. The molecule has 0 saturated heterocycles. The van der Waals surface area contributed by atoms with Crippen LogP contribution in [-0.4, -0.2) is 23.2 Å². The Morgan fingerprint density at radius 1 is 1.36 bits per heavy atom. The number of nitriles is 1. The molecule has 2 N–H and O–H groups in total. The third-order valence-corrected chi connectivity index (χ3v) is 4.22. The Morgan fingerprint density at radius 2 is 2.25 bits per heavy atom. The van der Waals surface area contributed by atoms with Crippen molar-refractivity contribution >= 4 is 35.1 Å². The highest BCUT2D eigenvalue weighted by atomic mass is 35.5. The number of H-pyrrole nitrogens is 1. The van der Waals surface area contributed by atoms with E-state index in [0.717, 1.165) is 0 Å². The molecule has 2 aromatic carbocycles. The Kier molecular flexibility index (Phi) is 4.93. The first-order valence-electron chi connectivity index (χ1n) is 8.22. The predicted molar refractivity (Wildman–Crippen MR) is 102 cm³/mol. The zero-order chi connectivity index (χ0) is 19.5. The van der Waals surface area contributed by atoms with Crippen LogP contribution in [0, 0.1) is 17.1 Å². The lowest BCUT2D eigenvalue weighted by atomic mass is 10.1. The Hall–Kier alpha value is -3.41. The van der Waals surface area contributed by atoms with E-state index >= 15 is 0 Å². The van der Waals surface area contributed by atoms with Gasteiger partial charge in [0.1, 0.15) is 29.0 Å². The second-order valence-corrected chi connectivity index (χ2v) is 6.33. The highest BCUT2D eigenvalue weighted by Gasteiger charge is 2.17. The van der Waals surface area contributed by atoms with E-state index in [1.165, 1.54) is 18.3 Å². The highest BCUT2D eigenvalue weighted by molar-refractivity contribution is 6.30. The molecule has 140 valence electrons. The second kappa shape index (κ2) is 7.68. The number of ether oxygens (including phenoxy) is 2. The van der Waals surface area contributed by atoms with Crippen molar-refractivity contribution in [2.75, 3.05) is 12.1 Å². The van der Waals surface area contributed by atoms with E-state index in [4.69, 9.17) is 21.1 Å². The summed E-state index contributed by atoms with van der Waals surface area (Å²) in [5, 5.41) is 19.9. The number of rotatable bonds is 4. The number of anilines is 2. The first-order valence-corrected chi connectivity index (χ1v) is 8.60. The number of hydrogen-bond donors (Lipinski definition) is 2. The zero-order valence-corrected chi connectivity index (χ0v) is 15.1. The molecule has 0 radical (unpaired) electrons. The van der Waals surface area contributed by atoms with Crippen LogP contribution in [-0.2, 0) is 11.3 Å². The van der Waals surface area contributed by atoms with Crippen molar-refractivity contribution < 1.29 is 13.9 Å². The highest BCUT2D eigenvalue weighted by Crippen LogP contribution is 2.30. The summed E-state index contributed by atoms with van der Waals surface area (Å²) in [5.41, 5.74) is 1.94. The van der Waals surface area contributed by atoms with Gasteiger partial charge in [-0.2, -0.15) is 10.4 Å². The summed E-state index contributed by atoms with van der Waals surface area (Å²) < 4.78 is 24.5. The van der Waals surface area contributed by atoms with Crippen LogP contribution in [0.3, 0.4) is 0 Å². The molecule has 0 saturated carbocycles. The third-order valence-electron chi connectivity index (χ3n) is 3.98. The maximum absolute atomic E-state index is 13.8. The zero-order valence-electron chi connectivity index (χ0n) is 14.4. The molecule has 0 amide bonds. The number of benzene rings is 2. The van der Waals surface area contributed by atoms with Gasteiger partial charge >= 0.3 is 0 Å². The van der Waals surface area contributed by atoms with Gasteiger partial charge in [0.2, 0.25) is 0 Å². The van der Waals surface area contributed by atoms with Crippen LogP contribution in [0.5, 0.6) is 5.75 Å². The van der Waals surface area contributed by atoms with Crippen molar-refractivity contribution in [3.63, 3.8) is 0 Å². The Bertz CT molecular complexity index is 1110. The quantitative estimate of drug-likeness (QED) is 0.635. The van der Waals surface area contributed by atoms with E-state index in [0.29, 0.717) is 33.4 Å². The first kappa shape index (κ1) is 18.0. The molecule has 1 aromatic heterocycles. The maximum atomic E-state index is 13.8. The molecule has 0 spiro atoms. The fourth-order valence-corrected chi connectivity index (χ4v) is 2.96. The van der Waals surface area contributed by atoms with Gasteiger partial charge in [-0.05, 0) is 30.3 Å². The fourth-order valence-electron chi connectivity index (χ4n) is 2.77. The molecule has 0 fully saturated rings. The largest absolute Gasteiger partial charge is 0.466 e. The van der Waals surface area contributed by atoms with Gasteiger partial charge < -0.3 is 14.8 Å². The maximum Gasteiger partial charge on any atom is 0.193 e. The lowest BCUT2D eigenvalue weighted by molar-refractivity contribution is -0.0166. The number of aliphatic imine (C=N–C) groups is 1. The molecule has 1 aliphatic heterocycles. The smallest absolute Gasteiger partial charge is 0.193 e. The normalized spacial score (nSPS) is 13.0. The van der Waals surface area contributed by atoms with Crippen LogP contribution in [0.15, 0.2) is 41.4 Å². The summed E-state index contributed by atoms with van der Waals surface area (Å²) in [4.78, 5) is 4.23. The van der Waals surface area contributed by atoms with Crippen LogP contribution in [0.25, 0.3) is 0 Å². The molecule has 9 heteroatoms. The minimum absolute atomic E-state index is 0.0824. The topological polar surface area (TPSA) is 95.3 Å². The van der Waals surface area contributed by atoms with E-state index in [2.05, 4.69) is 26.6 Å². The number of nitrogens with zero attached hydrogens (tertiary/aromatic N) is 3. The van der Waals surface area contributed by atoms with Crippen molar-refractivity contribution in [2.45, 2.75) is 6.61 Å². The SMILES string of the molecule is N#Cc1c(N=Cc2cc(F)cc3c2OCOC3)n[nH]c1Nc1cccc(Cl)c1. The van der Waals surface area contributed by atoms with Crippen LogP contribution >= 0.6 is 11.6 Å². The number of halogens is 2. The molecule has 7 nitrogen and oxygen atoms in total. The number of fused-ring (bicyclic) bond motifs is 1. The summed E-state index contributed by atoms with van der Waals surface area (Å²) >= 11 is 5.97. The molecule has 0 atom stereocenters. The number of aromatic nitrogens is 2. The van der Waals surface area contributed by atoms with Gasteiger partial charge in [0.05, 0.1) is 6.61 Å². The molecule has 28 heavy (non-hydrogen) atoms. The molecule has 0 aliphatic carbocycles. The predicted octanol–water partition coefficient (Wildman–Crippen LogP) is 4.43. The number of aromatic amines is 1. The average molecular weight is 398 g/mol. The van der Waals surface area contributed by atoms with Gasteiger partial charge in [-0.15, -0.1) is 0 Å². The minimum atomic E-state index is -0.430. The summed E-state index contributed by atoms with van der Waals surface area (Å²) in [6.45, 7) is 0.340. The minimum Gasteiger partial charge on any atom is -0.466 e. The summed E-state index contributed by atoms with van der Waals surface area (Å²) in [6.07, 6.45) is 1.41. The van der Waals surface area contributed by atoms with Gasteiger partial charge in [-0.25, -0.2) is 9.38 Å². The second-order valence-electron chi connectivity index (χ2n) is 5.90. The van der Waals surface area contributed by atoms with E-state index in [9.17, 15) is 9.65 Å². The van der Waals surface area contributed by atoms with Crippen LogP contribution in [0.1, 0.15) is 16.7 Å². The summed E-state index contributed by atoms with van der Waals surface area (Å²) in [5.74, 6) is 0.614. The number of hydrogen-bond acceptors (Lipinski definition) is 6. The van der Waals surface area contributed by atoms with Gasteiger partial charge in [0.25, 0.3) is 0 Å². The van der Waals surface area contributed by atoms with Crippen LogP contribution in [0.4, 0.5) is 21.7 Å². The molecule has 2 heterocycles. The van der Waals surface area contributed by atoms with Crippen molar-refractivity contribution in [3.05, 3.63) is 63.9 Å². The molecule has 4 rings (SSSR count). The lowest BCUT2D eigenvalue weighted by Gasteiger charge is -2.19. The average Bonchev–Trinajstić information content (AvgIpc) is 3.07. The fraction of sp³-hybridized carbons (Fsp3) is 0.105. The summed E-state index contributed by atoms with van der Waals surface area (Å²) in [6, 6.07) is 11.8. The van der Waals surface area contributed by atoms with Gasteiger partial charge in [-0.3, -0.25) is 5.10 Å². The Balaban J connectivity index is 1.64. The lowest BCUT2D eigenvalue weighted by Crippen LogP contribution is -2.13.